The summed E-state index contributed by atoms with van der Waals surface area (Å²) in [5.41, 5.74) is 2.01. The zero-order valence-corrected chi connectivity index (χ0v) is 12.9. The second-order valence-corrected chi connectivity index (χ2v) is 5.53. The molecular formula is C16H18N4O3. The topological polar surface area (TPSA) is 88.3 Å². The highest BCUT2D eigenvalue weighted by molar-refractivity contribution is 5.85. The van der Waals surface area contributed by atoms with Crippen molar-refractivity contribution >= 4 is 11.8 Å². The van der Waals surface area contributed by atoms with Crippen LogP contribution in [0.5, 0.6) is 0 Å². The third kappa shape index (κ3) is 3.74. The molecule has 1 saturated heterocycles. The molecule has 1 aromatic carbocycles. The Balaban J connectivity index is 1.57. The molecule has 1 fully saturated rings. The molecule has 0 bridgehead atoms. The number of nitrogens with zero attached hydrogens (tertiary/aromatic N) is 3. The van der Waals surface area contributed by atoms with Crippen molar-refractivity contribution in [3.63, 3.8) is 0 Å². The zero-order chi connectivity index (χ0) is 16.2. The van der Waals surface area contributed by atoms with E-state index in [1.807, 2.05) is 31.2 Å². The van der Waals surface area contributed by atoms with Gasteiger partial charge in [-0.2, -0.15) is 0 Å². The molecule has 1 aromatic heterocycles. The molecule has 2 heterocycles. The molecule has 0 spiro atoms. The van der Waals surface area contributed by atoms with E-state index in [4.69, 9.17) is 4.42 Å². The first-order valence-electron chi connectivity index (χ1n) is 7.56. The summed E-state index contributed by atoms with van der Waals surface area (Å²) in [6, 6.07) is 7.79. The summed E-state index contributed by atoms with van der Waals surface area (Å²) in [7, 11) is 0. The van der Waals surface area contributed by atoms with Gasteiger partial charge in [0.1, 0.15) is 0 Å². The lowest BCUT2D eigenvalue weighted by atomic mass is 10.1. The molecule has 0 radical (unpaired) electrons. The van der Waals surface area contributed by atoms with Gasteiger partial charge in [-0.3, -0.25) is 9.59 Å². The summed E-state index contributed by atoms with van der Waals surface area (Å²) >= 11 is 0. The Hall–Kier alpha value is -2.70. The van der Waals surface area contributed by atoms with Crippen LogP contribution < -0.4 is 5.32 Å². The smallest absolute Gasteiger partial charge is 0.247 e. The normalized spacial score (nSPS) is 14.7. The van der Waals surface area contributed by atoms with Gasteiger partial charge in [0.25, 0.3) is 0 Å². The number of aromatic nitrogens is 2. The fourth-order valence-electron chi connectivity index (χ4n) is 2.39. The Kier molecular flexibility index (Phi) is 4.36. The van der Waals surface area contributed by atoms with E-state index < -0.39 is 0 Å². The van der Waals surface area contributed by atoms with Crippen molar-refractivity contribution in [3.8, 4) is 11.5 Å². The second kappa shape index (κ2) is 6.60. The fourth-order valence-corrected chi connectivity index (χ4v) is 2.39. The van der Waals surface area contributed by atoms with Gasteiger partial charge >= 0.3 is 0 Å². The molecular weight excluding hydrogens is 296 g/mol. The van der Waals surface area contributed by atoms with Crippen LogP contribution in [-0.4, -0.2) is 46.5 Å². The van der Waals surface area contributed by atoms with Crippen molar-refractivity contribution in [2.75, 3.05) is 19.6 Å². The number of hydrogen-bond donors (Lipinski definition) is 1. The van der Waals surface area contributed by atoms with Crippen LogP contribution in [0.4, 0.5) is 0 Å². The summed E-state index contributed by atoms with van der Waals surface area (Å²) in [6.45, 7) is 3.18. The van der Waals surface area contributed by atoms with Crippen LogP contribution >= 0.6 is 0 Å². The zero-order valence-electron chi connectivity index (χ0n) is 12.9. The number of amides is 2. The molecule has 0 saturated carbocycles. The van der Waals surface area contributed by atoms with Crippen molar-refractivity contribution in [1.82, 2.24) is 20.4 Å². The third-order valence-corrected chi connectivity index (χ3v) is 3.71. The molecule has 1 N–H and O–H groups in total. The number of nitrogens with one attached hydrogen (secondary N) is 1. The highest BCUT2D eigenvalue weighted by atomic mass is 16.4. The molecule has 1 aliphatic heterocycles. The minimum absolute atomic E-state index is 0.0741. The molecule has 0 unspecified atom stereocenters. The Morgan fingerprint density at radius 1 is 1.30 bits per heavy atom. The van der Waals surface area contributed by atoms with Gasteiger partial charge in [-0.05, 0) is 19.1 Å². The van der Waals surface area contributed by atoms with Crippen molar-refractivity contribution in [2.24, 2.45) is 0 Å². The molecule has 2 aromatic rings. The molecule has 7 nitrogen and oxygen atoms in total. The molecule has 120 valence electrons. The first-order chi connectivity index (χ1) is 11.1. The van der Waals surface area contributed by atoms with Crippen LogP contribution in [0.1, 0.15) is 17.9 Å². The number of aryl methyl sites for hydroxylation is 2. The van der Waals surface area contributed by atoms with Gasteiger partial charge in [-0.25, -0.2) is 0 Å². The minimum Gasteiger partial charge on any atom is -0.421 e. The fraction of sp³-hybridized carbons (Fsp3) is 0.375. The van der Waals surface area contributed by atoms with E-state index in [0.717, 1.165) is 11.1 Å². The standard InChI is InChI=1S/C16H18N4O3/c1-11-2-4-12(5-3-11)16-19-18-14(23-16)6-7-15(22)20-9-8-17-13(21)10-20/h2-5H,6-10H2,1H3,(H,17,21). The van der Waals surface area contributed by atoms with Gasteiger partial charge < -0.3 is 14.6 Å². The Labute approximate surface area is 133 Å². The maximum Gasteiger partial charge on any atom is 0.247 e. The quantitative estimate of drug-likeness (QED) is 0.907. The molecule has 0 atom stereocenters. The predicted octanol–water partition coefficient (Wildman–Crippen LogP) is 0.936. The lowest BCUT2D eigenvalue weighted by Gasteiger charge is -2.26. The summed E-state index contributed by atoms with van der Waals surface area (Å²) in [5, 5.41) is 10.7. The lowest BCUT2D eigenvalue weighted by molar-refractivity contribution is -0.138. The number of rotatable bonds is 4. The van der Waals surface area contributed by atoms with E-state index in [0.29, 0.717) is 31.3 Å². The molecule has 0 aliphatic carbocycles. The SMILES string of the molecule is Cc1ccc(-c2nnc(CCC(=O)N3CCNC(=O)C3)o2)cc1. The molecule has 3 rings (SSSR count). The maximum absolute atomic E-state index is 12.1. The number of hydrogen-bond acceptors (Lipinski definition) is 5. The first kappa shape index (κ1) is 15.2. The average molecular weight is 314 g/mol. The van der Waals surface area contributed by atoms with Crippen LogP contribution in [-0.2, 0) is 16.0 Å². The lowest BCUT2D eigenvalue weighted by Crippen LogP contribution is -2.50. The van der Waals surface area contributed by atoms with Crippen molar-refractivity contribution in [3.05, 3.63) is 35.7 Å². The van der Waals surface area contributed by atoms with E-state index in [9.17, 15) is 9.59 Å². The third-order valence-electron chi connectivity index (χ3n) is 3.71. The Morgan fingerprint density at radius 2 is 2.09 bits per heavy atom. The summed E-state index contributed by atoms with van der Waals surface area (Å²) in [5.74, 6) is 0.680. The maximum atomic E-state index is 12.1. The van der Waals surface area contributed by atoms with Crippen LogP contribution in [0.3, 0.4) is 0 Å². The average Bonchev–Trinajstić information content (AvgIpc) is 3.02. The monoisotopic (exact) mass is 314 g/mol. The van der Waals surface area contributed by atoms with Crippen molar-refractivity contribution < 1.29 is 14.0 Å². The van der Waals surface area contributed by atoms with E-state index in [1.165, 1.54) is 0 Å². The van der Waals surface area contributed by atoms with E-state index >= 15 is 0 Å². The van der Waals surface area contributed by atoms with E-state index in [2.05, 4.69) is 15.5 Å². The van der Waals surface area contributed by atoms with Gasteiger partial charge in [0.05, 0.1) is 6.54 Å². The number of carbonyl (C=O) groups is 2. The number of carbonyl (C=O) groups excluding carboxylic acids is 2. The molecule has 7 heteroatoms. The van der Waals surface area contributed by atoms with E-state index in [1.54, 1.807) is 4.90 Å². The Morgan fingerprint density at radius 3 is 2.83 bits per heavy atom. The van der Waals surface area contributed by atoms with Crippen LogP contribution in [0, 0.1) is 6.92 Å². The number of benzene rings is 1. The predicted molar refractivity (Wildman–Crippen MR) is 82.4 cm³/mol. The summed E-state index contributed by atoms with van der Waals surface area (Å²) < 4.78 is 5.60. The van der Waals surface area contributed by atoms with Crippen molar-refractivity contribution in [2.45, 2.75) is 19.8 Å². The van der Waals surface area contributed by atoms with Gasteiger partial charge in [0.2, 0.25) is 23.6 Å². The first-order valence-corrected chi connectivity index (χ1v) is 7.56. The van der Waals surface area contributed by atoms with Crippen LogP contribution in [0.2, 0.25) is 0 Å². The summed E-state index contributed by atoms with van der Waals surface area (Å²) in [4.78, 5) is 24.9. The van der Waals surface area contributed by atoms with Gasteiger partial charge in [-0.1, -0.05) is 17.7 Å². The molecule has 1 aliphatic rings. The largest absolute Gasteiger partial charge is 0.421 e. The van der Waals surface area contributed by atoms with Gasteiger partial charge in [0, 0.05) is 31.5 Å². The molecule has 2 amide bonds. The molecule has 23 heavy (non-hydrogen) atoms. The van der Waals surface area contributed by atoms with Gasteiger partial charge in [0.15, 0.2) is 0 Å². The second-order valence-electron chi connectivity index (χ2n) is 5.53. The minimum atomic E-state index is -0.121. The van der Waals surface area contributed by atoms with Gasteiger partial charge in [-0.15, -0.1) is 10.2 Å². The highest BCUT2D eigenvalue weighted by Gasteiger charge is 2.21. The van der Waals surface area contributed by atoms with Crippen LogP contribution in [0.15, 0.2) is 28.7 Å². The summed E-state index contributed by atoms with van der Waals surface area (Å²) in [6.07, 6.45) is 0.624. The Bertz CT molecular complexity index is 708. The highest BCUT2D eigenvalue weighted by Crippen LogP contribution is 2.18. The van der Waals surface area contributed by atoms with Crippen LogP contribution in [0.25, 0.3) is 11.5 Å². The van der Waals surface area contributed by atoms with E-state index in [-0.39, 0.29) is 24.8 Å². The van der Waals surface area contributed by atoms with Crippen molar-refractivity contribution in [1.29, 1.82) is 0 Å². The number of piperazine rings is 1.